The second-order valence-electron chi connectivity index (χ2n) is 5.74. The fourth-order valence-electron chi connectivity index (χ4n) is 3.11. The number of phenols is 2. The smallest absolute Gasteiger partial charge is 0.205 e. The summed E-state index contributed by atoms with van der Waals surface area (Å²) in [6.45, 7) is 0. The van der Waals surface area contributed by atoms with Crippen molar-refractivity contribution in [1.82, 2.24) is 0 Å². The zero-order chi connectivity index (χ0) is 19.7. The Kier molecular flexibility index (Phi) is 4.60. The van der Waals surface area contributed by atoms with E-state index in [-0.39, 0.29) is 23.0 Å². The van der Waals surface area contributed by atoms with Gasteiger partial charge in [-0.25, -0.2) is 0 Å². The summed E-state index contributed by atoms with van der Waals surface area (Å²) in [4.78, 5) is 0. The minimum Gasteiger partial charge on any atom is -0.504 e. The Balaban J connectivity index is 2.30. The Labute approximate surface area is 155 Å². The number of ether oxygens (including phenoxy) is 4. The number of nitrogens with two attached hydrogens (primary N) is 1. The lowest BCUT2D eigenvalue weighted by Gasteiger charge is -2.27. The first kappa shape index (κ1) is 18.1. The van der Waals surface area contributed by atoms with E-state index in [0.717, 1.165) is 0 Å². The highest BCUT2D eigenvalue weighted by atomic mass is 16.5. The number of fused-ring (bicyclic) bond motifs is 1. The largest absolute Gasteiger partial charge is 0.504 e. The van der Waals surface area contributed by atoms with Gasteiger partial charge in [-0.1, -0.05) is 6.07 Å². The molecule has 1 unspecified atom stereocenters. The average molecular weight is 370 g/mol. The lowest BCUT2D eigenvalue weighted by atomic mass is 9.83. The van der Waals surface area contributed by atoms with Crippen LogP contribution in [0, 0.1) is 11.3 Å². The van der Waals surface area contributed by atoms with E-state index in [4.69, 9.17) is 24.7 Å². The van der Waals surface area contributed by atoms with Gasteiger partial charge in [-0.15, -0.1) is 0 Å². The van der Waals surface area contributed by atoms with Gasteiger partial charge in [-0.2, -0.15) is 5.26 Å². The van der Waals surface area contributed by atoms with Crippen molar-refractivity contribution in [3.63, 3.8) is 0 Å². The number of hydrogen-bond acceptors (Lipinski definition) is 8. The molecule has 0 saturated heterocycles. The van der Waals surface area contributed by atoms with Crippen LogP contribution < -0.4 is 24.7 Å². The van der Waals surface area contributed by atoms with Crippen LogP contribution in [0.2, 0.25) is 0 Å². The number of hydrogen-bond donors (Lipinski definition) is 3. The predicted octanol–water partition coefficient (Wildman–Crippen LogP) is 2.34. The normalized spacial score (nSPS) is 15.4. The molecule has 0 spiro atoms. The zero-order valence-corrected chi connectivity index (χ0v) is 14.9. The van der Waals surface area contributed by atoms with Crippen LogP contribution in [-0.2, 0) is 0 Å². The summed E-state index contributed by atoms with van der Waals surface area (Å²) in [6, 6.07) is 8.31. The lowest BCUT2D eigenvalue weighted by Crippen LogP contribution is -2.21. The minimum atomic E-state index is -0.668. The van der Waals surface area contributed by atoms with Gasteiger partial charge in [0, 0.05) is 5.56 Å². The van der Waals surface area contributed by atoms with Crippen molar-refractivity contribution in [3.8, 4) is 40.6 Å². The topological polar surface area (TPSA) is 127 Å². The molecule has 1 heterocycles. The molecule has 0 aromatic heterocycles. The third kappa shape index (κ3) is 2.79. The lowest BCUT2D eigenvalue weighted by molar-refractivity contribution is 0.323. The molecule has 2 aromatic rings. The Hall–Kier alpha value is -3.73. The van der Waals surface area contributed by atoms with E-state index < -0.39 is 11.7 Å². The van der Waals surface area contributed by atoms with Crippen molar-refractivity contribution in [2.75, 3.05) is 21.3 Å². The molecule has 1 aliphatic rings. The first-order chi connectivity index (χ1) is 13.0. The van der Waals surface area contributed by atoms with Crippen LogP contribution in [0.3, 0.4) is 0 Å². The fraction of sp³-hybridized carbons (Fsp3) is 0.211. The van der Waals surface area contributed by atoms with Crippen molar-refractivity contribution >= 4 is 0 Å². The van der Waals surface area contributed by atoms with E-state index in [9.17, 15) is 15.5 Å². The number of allylic oxidation sites excluding steroid dienone is 1. The Morgan fingerprint density at radius 3 is 2.22 bits per heavy atom. The quantitative estimate of drug-likeness (QED) is 0.700. The predicted molar refractivity (Wildman–Crippen MR) is 95.2 cm³/mol. The molecule has 1 aliphatic heterocycles. The number of nitrogens with zero attached hydrogens (tertiary/aromatic N) is 1. The maximum absolute atomic E-state index is 10.2. The third-order valence-corrected chi connectivity index (χ3v) is 4.36. The maximum Gasteiger partial charge on any atom is 0.205 e. The van der Waals surface area contributed by atoms with E-state index in [1.54, 1.807) is 18.2 Å². The van der Waals surface area contributed by atoms with Crippen LogP contribution in [0.5, 0.6) is 34.5 Å². The van der Waals surface area contributed by atoms with Crippen molar-refractivity contribution in [2.24, 2.45) is 5.73 Å². The Morgan fingerprint density at radius 2 is 1.70 bits per heavy atom. The highest BCUT2D eigenvalue weighted by Crippen LogP contribution is 2.51. The molecule has 27 heavy (non-hydrogen) atoms. The molecule has 140 valence electrons. The van der Waals surface area contributed by atoms with Gasteiger partial charge >= 0.3 is 0 Å². The number of aromatic hydroxyl groups is 2. The first-order valence-corrected chi connectivity index (χ1v) is 7.89. The van der Waals surface area contributed by atoms with Gasteiger partial charge in [-0.05, 0) is 23.8 Å². The highest BCUT2D eigenvalue weighted by Gasteiger charge is 2.34. The van der Waals surface area contributed by atoms with Gasteiger partial charge in [-0.3, -0.25) is 0 Å². The Morgan fingerprint density at radius 1 is 1.07 bits per heavy atom. The fourth-order valence-corrected chi connectivity index (χ4v) is 3.11. The van der Waals surface area contributed by atoms with Gasteiger partial charge in [0.2, 0.25) is 17.4 Å². The van der Waals surface area contributed by atoms with Crippen LogP contribution >= 0.6 is 0 Å². The number of nitriles is 1. The van der Waals surface area contributed by atoms with Crippen molar-refractivity contribution in [1.29, 1.82) is 5.26 Å². The number of benzene rings is 2. The number of phenolic OH excluding ortho intramolecular Hbond substituents is 2. The van der Waals surface area contributed by atoms with Crippen LogP contribution in [-0.4, -0.2) is 31.5 Å². The molecule has 3 rings (SSSR count). The molecule has 0 amide bonds. The highest BCUT2D eigenvalue weighted by molar-refractivity contribution is 5.65. The van der Waals surface area contributed by atoms with E-state index >= 15 is 0 Å². The molecule has 0 fully saturated rings. The van der Waals surface area contributed by atoms with Crippen LogP contribution in [0.1, 0.15) is 17.0 Å². The van der Waals surface area contributed by atoms with E-state index in [1.165, 1.54) is 27.4 Å². The molecule has 8 heteroatoms. The van der Waals surface area contributed by atoms with Crippen LogP contribution in [0.15, 0.2) is 35.7 Å². The maximum atomic E-state index is 10.2. The summed E-state index contributed by atoms with van der Waals surface area (Å²) < 4.78 is 21.5. The van der Waals surface area contributed by atoms with Gasteiger partial charge in [0.15, 0.2) is 23.0 Å². The monoisotopic (exact) mass is 370 g/mol. The van der Waals surface area contributed by atoms with Gasteiger partial charge in [0.1, 0.15) is 11.6 Å². The Bertz CT molecular complexity index is 952. The molecule has 2 aromatic carbocycles. The molecule has 1 atom stereocenters. The summed E-state index contributed by atoms with van der Waals surface area (Å²) in [5.41, 5.74) is 7.13. The summed E-state index contributed by atoms with van der Waals surface area (Å²) >= 11 is 0. The van der Waals surface area contributed by atoms with E-state index in [0.29, 0.717) is 28.4 Å². The molecule has 0 saturated carbocycles. The number of methoxy groups -OCH3 is 3. The number of rotatable bonds is 4. The summed E-state index contributed by atoms with van der Waals surface area (Å²) in [5, 5.41) is 29.6. The molecule has 0 bridgehead atoms. The molecule has 8 nitrogen and oxygen atoms in total. The van der Waals surface area contributed by atoms with Gasteiger partial charge < -0.3 is 34.9 Å². The summed E-state index contributed by atoms with van der Waals surface area (Å²) in [6.07, 6.45) is 0. The molecular formula is C19H18N2O6. The average Bonchev–Trinajstić information content (AvgIpc) is 2.68. The summed E-state index contributed by atoms with van der Waals surface area (Å²) in [7, 11) is 4.46. The zero-order valence-electron chi connectivity index (χ0n) is 14.9. The summed E-state index contributed by atoms with van der Waals surface area (Å²) in [5.74, 6) is -0.443. The SMILES string of the molecule is COc1cc(C2C(C#N)=C(N)Oc3c2ccc(O)c3O)cc(OC)c1OC. The molecular weight excluding hydrogens is 352 g/mol. The molecule has 0 radical (unpaired) electrons. The van der Waals surface area contributed by atoms with E-state index in [2.05, 4.69) is 6.07 Å². The van der Waals surface area contributed by atoms with Gasteiger partial charge in [0.25, 0.3) is 0 Å². The van der Waals surface area contributed by atoms with Crippen molar-refractivity contribution in [2.45, 2.75) is 5.92 Å². The van der Waals surface area contributed by atoms with Crippen molar-refractivity contribution < 1.29 is 29.2 Å². The van der Waals surface area contributed by atoms with Gasteiger partial charge in [0.05, 0.1) is 27.2 Å². The second-order valence-corrected chi connectivity index (χ2v) is 5.74. The van der Waals surface area contributed by atoms with Crippen LogP contribution in [0.4, 0.5) is 0 Å². The minimum absolute atomic E-state index is 0.00903. The first-order valence-electron chi connectivity index (χ1n) is 7.89. The van der Waals surface area contributed by atoms with E-state index in [1.807, 2.05) is 0 Å². The molecule has 0 aliphatic carbocycles. The second kappa shape index (κ2) is 6.88. The standard InChI is InChI=1S/C19H18N2O6/c1-24-13-6-9(7-14(25-2)18(13)26-3)15-10-4-5-12(22)16(23)17(10)27-19(21)11(15)8-20/h4-7,15,22-23H,21H2,1-3H3. The molecule has 4 N–H and O–H groups in total. The van der Waals surface area contributed by atoms with Crippen molar-refractivity contribution in [3.05, 3.63) is 46.8 Å². The third-order valence-electron chi connectivity index (χ3n) is 4.36. The van der Waals surface area contributed by atoms with Crippen LogP contribution in [0.25, 0.3) is 0 Å².